The van der Waals surface area contributed by atoms with Crippen LogP contribution < -0.4 is 10.0 Å². The van der Waals surface area contributed by atoms with Crippen molar-refractivity contribution in [1.29, 1.82) is 0 Å². The number of hydrogen-bond donors (Lipinski definition) is 2. The Kier molecular flexibility index (Phi) is 3.97. The molecule has 0 aliphatic heterocycles. The summed E-state index contributed by atoms with van der Waals surface area (Å²) in [4.78, 5) is 5.54. The van der Waals surface area contributed by atoms with Crippen molar-refractivity contribution in [3.8, 4) is 0 Å². The van der Waals surface area contributed by atoms with Crippen LogP contribution in [0.2, 0.25) is 0 Å². The van der Waals surface area contributed by atoms with E-state index in [-0.39, 0.29) is 10.9 Å². The summed E-state index contributed by atoms with van der Waals surface area (Å²) in [6.45, 7) is 0. The Morgan fingerprint density at radius 3 is 3.05 bits per heavy atom. The summed E-state index contributed by atoms with van der Waals surface area (Å²) in [7, 11) is -1.93. The van der Waals surface area contributed by atoms with Gasteiger partial charge in [0.1, 0.15) is 10.7 Å². The quantitative estimate of drug-likeness (QED) is 0.907. The van der Waals surface area contributed by atoms with Gasteiger partial charge in [0, 0.05) is 24.2 Å². The molecule has 0 spiro atoms. The van der Waals surface area contributed by atoms with Crippen LogP contribution >= 0.6 is 11.3 Å². The minimum atomic E-state index is -3.59. The molecule has 2 aromatic rings. The molecule has 0 fully saturated rings. The third-order valence-corrected chi connectivity index (χ3v) is 6.15. The van der Waals surface area contributed by atoms with Gasteiger partial charge in [-0.2, -0.15) is 0 Å². The molecule has 21 heavy (non-hydrogen) atoms. The number of thiophene rings is 1. The first-order valence-corrected chi connectivity index (χ1v) is 9.19. The summed E-state index contributed by atoms with van der Waals surface area (Å²) in [5.41, 5.74) is 1.12. The Morgan fingerprint density at radius 1 is 1.38 bits per heavy atom. The number of hydrogen-bond acceptors (Lipinski definition) is 5. The van der Waals surface area contributed by atoms with E-state index in [0.29, 0.717) is 5.82 Å². The number of nitrogens with one attached hydrogen (secondary N) is 2. The van der Waals surface area contributed by atoms with Crippen LogP contribution in [0, 0.1) is 0 Å². The minimum absolute atomic E-state index is 0.144. The first-order chi connectivity index (χ1) is 10.1. The number of nitrogens with zero attached hydrogens (tertiary/aromatic N) is 1. The lowest BCUT2D eigenvalue weighted by molar-refractivity contribution is 0.511. The van der Waals surface area contributed by atoms with Gasteiger partial charge in [-0.05, 0) is 48.4 Å². The third kappa shape index (κ3) is 2.81. The minimum Gasteiger partial charge on any atom is -0.372 e. The second-order valence-electron chi connectivity index (χ2n) is 4.97. The van der Waals surface area contributed by atoms with Crippen molar-refractivity contribution >= 4 is 27.2 Å². The molecule has 0 saturated heterocycles. The monoisotopic (exact) mass is 323 g/mol. The van der Waals surface area contributed by atoms with E-state index in [1.165, 1.54) is 4.88 Å². The predicted octanol–water partition coefficient (Wildman–Crippen LogP) is 2.54. The summed E-state index contributed by atoms with van der Waals surface area (Å²) in [6, 6.07) is 5.08. The molecule has 3 rings (SSSR count). The Hall–Kier alpha value is -1.44. The zero-order valence-electron chi connectivity index (χ0n) is 11.7. The van der Waals surface area contributed by atoms with Gasteiger partial charge in [0.2, 0.25) is 10.0 Å². The number of anilines is 1. The van der Waals surface area contributed by atoms with Crippen LogP contribution in [-0.4, -0.2) is 20.4 Å². The van der Waals surface area contributed by atoms with Crippen molar-refractivity contribution in [2.24, 2.45) is 0 Å². The molecule has 2 N–H and O–H groups in total. The van der Waals surface area contributed by atoms with Gasteiger partial charge in [-0.1, -0.05) is 0 Å². The lowest BCUT2D eigenvalue weighted by Gasteiger charge is -2.23. The molecule has 0 aromatic carbocycles. The Labute approximate surface area is 128 Å². The number of aromatic nitrogens is 1. The maximum atomic E-state index is 12.6. The Bertz CT molecular complexity index is 740. The maximum absolute atomic E-state index is 12.6. The van der Waals surface area contributed by atoms with Crippen LogP contribution in [0.25, 0.3) is 0 Å². The second-order valence-corrected chi connectivity index (χ2v) is 7.65. The standard InChI is InChI=1S/C14H17N3O2S2/c1-15-14-13(6-3-8-16-14)21(18,19)17-11-4-2-5-12-10(11)7-9-20-12/h3,6-9,11,17H,2,4-5H2,1H3,(H,15,16). The summed E-state index contributed by atoms with van der Waals surface area (Å²) in [5, 5.41) is 4.85. The lowest BCUT2D eigenvalue weighted by atomic mass is 9.95. The maximum Gasteiger partial charge on any atom is 0.244 e. The normalized spacial score (nSPS) is 18.2. The smallest absolute Gasteiger partial charge is 0.244 e. The van der Waals surface area contributed by atoms with Gasteiger partial charge < -0.3 is 5.32 Å². The highest BCUT2D eigenvalue weighted by molar-refractivity contribution is 7.89. The average molecular weight is 323 g/mol. The van der Waals surface area contributed by atoms with Crippen LogP contribution in [0.15, 0.2) is 34.7 Å². The van der Waals surface area contributed by atoms with Gasteiger partial charge in [0.05, 0.1) is 0 Å². The average Bonchev–Trinajstić information content (AvgIpc) is 2.96. The van der Waals surface area contributed by atoms with Gasteiger partial charge in [-0.15, -0.1) is 11.3 Å². The van der Waals surface area contributed by atoms with E-state index in [0.717, 1.165) is 24.8 Å². The molecule has 1 aliphatic carbocycles. The Balaban J connectivity index is 1.91. The first kappa shape index (κ1) is 14.5. The molecule has 2 aromatic heterocycles. The van der Waals surface area contributed by atoms with E-state index < -0.39 is 10.0 Å². The van der Waals surface area contributed by atoms with Crippen LogP contribution in [0.1, 0.15) is 29.3 Å². The highest BCUT2D eigenvalue weighted by Gasteiger charge is 2.27. The Morgan fingerprint density at radius 2 is 2.24 bits per heavy atom. The molecule has 1 aliphatic rings. The van der Waals surface area contributed by atoms with Crippen molar-refractivity contribution < 1.29 is 8.42 Å². The molecule has 7 heteroatoms. The lowest BCUT2D eigenvalue weighted by Crippen LogP contribution is -2.31. The molecular formula is C14H17N3O2S2. The van der Waals surface area contributed by atoms with E-state index in [1.54, 1.807) is 36.7 Å². The summed E-state index contributed by atoms with van der Waals surface area (Å²) >= 11 is 1.70. The second kappa shape index (κ2) is 5.75. The van der Waals surface area contributed by atoms with Gasteiger partial charge >= 0.3 is 0 Å². The molecule has 1 atom stereocenters. The molecule has 0 saturated carbocycles. The SMILES string of the molecule is CNc1ncccc1S(=O)(=O)NC1CCCc2sccc21. The van der Waals surface area contributed by atoms with E-state index in [9.17, 15) is 8.42 Å². The van der Waals surface area contributed by atoms with E-state index in [1.807, 2.05) is 11.4 Å². The molecule has 1 unspecified atom stereocenters. The number of fused-ring (bicyclic) bond motifs is 1. The highest BCUT2D eigenvalue weighted by Crippen LogP contribution is 2.34. The van der Waals surface area contributed by atoms with E-state index >= 15 is 0 Å². The topological polar surface area (TPSA) is 71.1 Å². The first-order valence-electron chi connectivity index (χ1n) is 6.83. The van der Waals surface area contributed by atoms with Crippen LogP contribution in [0.3, 0.4) is 0 Å². The fourth-order valence-corrected chi connectivity index (χ4v) is 5.06. The largest absolute Gasteiger partial charge is 0.372 e. The molecule has 0 bridgehead atoms. The summed E-state index contributed by atoms with van der Waals surface area (Å²) in [5.74, 6) is 0.367. The zero-order valence-corrected chi connectivity index (χ0v) is 13.3. The summed E-state index contributed by atoms with van der Waals surface area (Å²) in [6.07, 6.45) is 4.45. The van der Waals surface area contributed by atoms with Crippen LogP contribution in [-0.2, 0) is 16.4 Å². The molecular weight excluding hydrogens is 306 g/mol. The number of pyridine rings is 1. The number of aryl methyl sites for hydroxylation is 1. The van der Waals surface area contributed by atoms with Crippen molar-refractivity contribution in [3.05, 3.63) is 40.2 Å². The van der Waals surface area contributed by atoms with E-state index in [2.05, 4.69) is 15.0 Å². The van der Waals surface area contributed by atoms with Gasteiger partial charge in [-0.25, -0.2) is 18.1 Å². The zero-order chi connectivity index (χ0) is 14.9. The van der Waals surface area contributed by atoms with Crippen LogP contribution in [0.5, 0.6) is 0 Å². The highest BCUT2D eigenvalue weighted by atomic mass is 32.2. The van der Waals surface area contributed by atoms with E-state index in [4.69, 9.17) is 0 Å². The molecule has 0 radical (unpaired) electrons. The van der Waals surface area contributed by atoms with Crippen molar-refractivity contribution in [2.75, 3.05) is 12.4 Å². The van der Waals surface area contributed by atoms with Crippen molar-refractivity contribution in [1.82, 2.24) is 9.71 Å². The fraction of sp³-hybridized carbons (Fsp3) is 0.357. The number of sulfonamides is 1. The molecule has 2 heterocycles. The molecule has 5 nitrogen and oxygen atoms in total. The third-order valence-electron chi connectivity index (χ3n) is 3.65. The van der Waals surface area contributed by atoms with Gasteiger partial charge in [-0.3, -0.25) is 0 Å². The van der Waals surface area contributed by atoms with Crippen molar-refractivity contribution in [3.63, 3.8) is 0 Å². The molecule has 0 amide bonds. The van der Waals surface area contributed by atoms with Gasteiger partial charge in [0.15, 0.2) is 0 Å². The molecule has 112 valence electrons. The van der Waals surface area contributed by atoms with Crippen molar-refractivity contribution in [2.45, 2.75) is 30.2 Å². The fourth-order valence-electron chi connectivity index (χ4n) is 2.65. The van der Waals surface area contributed by atoms with Crippen LogP contribution in [0.4, 0.5) is 5.82 Å². The summed E-state index contributed by atoms with van der Waals surface area (Å²) < 4.78 is 28.1. The number of rotatable bonds is 4. The van der Waals surface area contributed by atoms with Gasteiger partial charge in [0.25, 0.3) is 0 Å². The predicted molar refractivity (Wildman–Crippen MR) is 84.1 cm³/mol.